The Morgan fingerprint density at radius 2 is 1.70 bits per heavy atom. The molecule has 15 nitrogen and oxygen atoms in total. The molecule has 0 saturated carbocycles. The number of likely N-dealkylation sites (tertiary alicyclic amines) is 1. The number of aromatic nitrogens is 2. The van der Waals surface area contributed by atoms with Crippen molar-refractivity contribution >= 4 is 70.8 Å². The van der Waals surface area contributed by atoms with E-state index in [-0.39, 0.29) is 22.9 Å². The van der Waals surface area contributed by atoms with Crippen molar-refractivity contribution in [3.05, 3.63) is 83.0 Å². The Hall–Kier alpha value is -4.76. The number of fused-ring (bicyclic) bond motifs is 1. The minimum Gasteiger partial charge on any atom is -0.494 e. The van der Waals surface area contributed by atoms with Crippen LogP contribution in [0.1, 0.15) is 49.7 Å². The van der Waals surface area contributed by atoms with E-state index in [2.05, 4.69) is 70.2 Å². The lowest BCUT2D eigenvalue weighted by Crippen LogP contribution is -2.50. The predicted octanol–water partition coefficient (Wildman–Crippen LogP) is 6.65. The zero-order chi connectivity index (χ0) is 41.8. The van der Waals surface area contributed by atoms with E-state index in [9.17, 15) is 14.2 Å². The van der Waals surface area contributed by atoms with Crippen molar-refractivity contribution in [2.24, 2.45) is 5.92 Å². The third-order valence-electron chi connectivity index (χ3n) is 12.1. The van der Waals surface area contributed by atoms with Gasteiger partial charge in [0.1, 0.15) is 10.8 Å². The van der Waals surface area contributed by atoms with Gasteiger partial charge in [0.2, 0.25) is 17.8 Å². The molecule has 0 spiro atoms. The second kappa shape index (κ2) is 18.5. The van der Waals surface area contributed by atoms with E-state index >= 15 is 0 Å². The largest absolute Gasteiger partial charge is 0.494 e. The summed E-state index contributed by atoms with van der Waals surface area (Å²) in [7, 11) is 0.772. The predicted molar refractivity (Wildman–Crippen MR) is 234 cm³/mol. The van der Waals surface area contributed by atoms with Gasteiger partial charge in [0.25, 0.3) is 0 Å². The van der Waals surface area contributed by atoms with E-state index in [0.717, 1.165) is 76.5 Å². The lowest BCUT2D eigenvalue weighted by atomic mass is 9.94. The van der Waals surface area contributed by atoms with Crippen molar-refractivity contribution < 1.29 is 27.9 Å². The van der Waals surface area contributed by atoms with Crippen molar-refractivity contribution in [2.75, 3.05) is 74.9 Å². The molecular formula is C43H53ClN9O6P. The summed E-state index contributed by atoms with van der Waals surface area (Å²) in [5.41, 5.74) is 5.94. The van der Waals surface area contributed by atoms with E-state index in [0.29, 0.717) is 59.0 Å². The molecule has 2 amide bonds. The first-order valence-electron chi connectivity index (χ1n) is 20.6. The van der Waals surface area contributed by atoms with E-state index in [1.165, 1.54) is 38.0 Å². The van der Waals surface area contributed by atoms with Crippen LogP contribution < -0.4 is 36.2 Å². The molecular weight excluding hydrogens is 805 g/mol. The number of nitrogens with zero attached hydrogens (tertiary/aromatic N) is 5. The summed E-state index contributed by atoms with van der Waals surface area (Å²) in [6.07, 6.45) is 7.03. The monoisotopic (exact) mass is 857 g/mol. The molecule has 4 aliphatic rings. The van der Waals surface area contributed by atoms with Crippen molar-refractivity contribution in [1.82, 2.24) is 25.1 Å². The molecule has 0 bridgehead atoms. The maximum atomic E-state index is 13.2. The molecule has 4 aliphatic heterocycles. The Labute approximate surface area is 356 Å². The van der Waals surface area contributed by atoms with Gasteiger partial charge in [-0.25, -0.2) is 4.98 Å². The molecule has 5 heterocycles. The number of ether oxygens (including phenoxy) is 1. The van der Waals surface area contributed by atoms with Crippen LogP contribution in [0.4, 0.5) is 34.5 Å². The number of hydrogen-bond donors (Lipinski definition) is 4. The van der Waals surface area contributed by atoms with Crippen LogP contribution in [0.15, 0.2) is 66.9 Å². The summed E-state index contributed by atoms with van der Waals surface area (Å²) in [5.74, 6) is 1.57. The molecule has 3 fully saturated rings. The van der Waals surface area contributed by atoms with Crippen LogP contribution in [-0.4, -0.2) is 97.7 Å². The van der Waals surface area contributed by atoms with Gasteiger partial charge in [0, 0.05) is 83.4 Å². The van der Waals surface area contributed by atoms with Crippen molar-refractivity contribution in [2.45, 2.75) is 63.7 Å². The highest BCUT2D eigenvalue weighted by molar-refractivity contribution is 7.62. The fraction of sp³-hybridized carbons (Fsp3) is 0.442. The minimum atomic E-state index is -3.56. The molecule has 4 N–H and O–H groups in total. The van der Waals surface area contributed by atoms with Crippen LogP contribution >= 0.6 is 19.2 Å². The van der Waals surface area contributed by atoms with Crippen LogP contribution in [0.25, 0.3) is 0 Å². The topological polar surface area (TPSA) is 163 Å². The number of anilines is 6. The Balaban J connectivity index is 0.830. The number of benzene rings is 3. The first-order valence-corrected chi connectivity index (χ1v) is 22.5. The normalized spacial score (nSPS) is 20.4. The molecule has 60 heavy (non-hydrogen) atoms. The number of methoxy groups -OCH3 is 1. The molecule has 0 aliphatic carbocycles. The van der Waals surface area contributed by atoms with Crippen LogP contribution in [0.2, 0.25) is 5.02 Å². The lowest BCUT2D eigenvalue weighted by molar-refractivity contribution is -0.137. The van der Waals surface area contributed by atoms with Gasteiger partial charge >= 0.3 is 7.60 Å². The Morgan fingerprint density at radius 3 is 2.48 bits per heavy atom. The van der Waals surface area contributed by atoms with E-state index in [1.807, 2.05) is 12.1 Å². The van der Waals surface area contributed by atoms with Gasteiger partial charge in [-0.2, -0.15) is 4.98 Å². The number of imide groups is 1. The Kier molecular flexibility index (Phi) is 12.9. The average molecular weight is 858 g/mol. The highest BCUT2D eigenvalue weighted by Gasteiger charge is 2.35. The third-order valence-corrected chi connectivity index (χ3v) is 14.3. The molecule has 17 heteroatoms. The van der Waals surface area contributed by atoms with Crippen LogP contribution in [0.3, 0.4) is 0 Å². The number of carbonyl (C=O) groups excluding carboxylic acids is 2. The molecule has 4 aromatic rings. The summed E-state index contributed by atoms with van der Waals surface area (Å²) >= 11 is 6.50. The van der Waals surface area contributed by atoms with Gasteiger partial charge in [0.15, 0.2) is 5.82 Å². The number of carbonyl (C=O) groups is 2. The maximum absolute atomic E-state index is 13.2. The quantitative estimate of drug-likeness (QED) is 0.0788. The van der Waals surface area contributed by atoms with Crippen LogP contribution in [-0.2, 0) is 36.3 Å². The summed E-state index contributed by atoms with van der Waals surface area (Å²) in [6, 6.07) is 19.8. The molecule has 8 rings (SSSR count). The molecule has 3 aromatic carbocycles. The Morgan fingerprint density at radius 1 is 0.900 bits per heavy atom. The van der Waals surface area contributed by atoms with E-state index < -0.39 is 7.60 Å². The SMILES string of the molecule is COc1cc(N2CCC(CN3CCC[C@@H](Nc4ccc5c(c4)CN(C4CCC(=O)NC4=O)C5)C3)CC2)ccc1Nc1ncc(Cl)c(Nc2ccccc2P(=O)(OC)OC)n1. The number of piperidine rings is 3. The maximum Gasteiger partial charge on any atom is 0.362 e. The number of nitrogens with one attached hydrogen (secondary N) is 4. The second-order valence-electron chi connectivity index (χ2n) is 15.9. The van der Waals surface area contributed by atoms with Gasteiger partial charge in [-0.15, -0.1) is 0 Å². The number of amides is 2. The van der Waals surface area contributed by atoms with Gasteiger partial charge < -0.3 is 39.5 Å². The van der Waals surface area contributed by atoms with Crippen molar-refractivity contribution in [3.8, 4) is 5.75 Å². The zero-order valence-corrected chi connectivity index (χ0v) is 35.9. The van der Waals surface area contributed by atoms with Crippen molar-refractivity contribution in [1.29, 1.82) is 0 Å². The smallest absolute Gasteiger partial charge is 0.362 e. The number of para-hydroxylation sites is 1. The number of halogens is 1. The highest BCUT2D eigenvalue weighted by atomic mass is 35.5. The lowest BCUT2D eigenvalue weighted by Gasteiger charge is -2.39. The van der Waals surface area contributed by atoms with Gasteiger partial charge in [-0.1, -0.05) is 29.8 Å². The third kappa shape index (κ3) is 9.41. The fourth-order valence-corrected chi connectivity index (χ4v) is 10.3. The fourth-order valence-electron chi connectivity index (χ4n) is 8.91. The average Bonchev–Trinajstić information content (AvgIpc) is 3.68. The molecule has 3 saturated heterocycles. The van der Waals surface area contributed by atoms with Gasteiger partial charge in [0.05, 0.1) is 36.0 Å². The summed E-state index contributed by atoms with van der Waals surface area (Å²) in [4.78, 5) is 40.4. The van der Waals surface area contributed by atoms with E-state index in [1.54, 1.807) is 31.4 Å². The molecule has 1 aromatic heterocycles. The van der Waals surface area contributed by atoms with Crippen LogP contribution in [0, 0.1) is 5.92 Å². The molecule has 0 radical (unpaired) electrons. The van der Waals surface area contributed by atoms with Crippen LogP contribution in [0.5, 0.6) is 5.75 Å². The summed E-state index contributed by atoms with van der Waals surface area (Å²) < 4.78 is 29.5. The zero-order valence-electron chi connectivity index (χ0n) is 34.3. The first-order chi connectivity index (χ1) is 29.1. The van der Waals surface area contributed by atoms with Gasteiger partial charge in [-0.3, -0.25) is 24.4 Å². The van der Waals surface area contributed by atoms with Crippen molar-refractivity contribution in [3.63, 3.8) is 0 Å². The summed E-state index contributed by atoms with van der Waals surface area (Å²) in [6.45, 7) is 6.66. The Bertz CT molecular complexity index is 2250. The minimum absolute atomic E-state index is 0.171. The summed E-state index contributed by atoms with van der Waals surface area (Å²) in [5, 5.41) is 13.4. The first kappa shape index (κ1) is 42.0. The molecule has 1 unspecified atom stereocenters. The highest BCUT2D eigenvalue weighted by Crippen LogP contribution is 2.47. The van der Waals surface area contributed by atoms with Gasteiger partial charge in [-0.05, 0) is 92.1 Å². The second-order valence-corrected chi connectivity index (χ2v) is 18.5. The standard InChI is InChI=1S/C43H53ClN9O6P/c1-57-38-22-33(12-13-35(38)48-43-45-23-34(44)41(50-43)47-36-8-4-5-9-39(36)60(56,58-2)59-3)52-19-16-28(17-20-52)24-51-18-6-7-32(27-51)46-31-11-10-29-25-53(26-30(29)21-31)37-14-15-40(54)49-42(37)55/h4-5,8-13,21-23,28,32,37,46H,6-7,14-20,24-27H2,1-3H3,(H,49,54,55)(H2,45,47,48,50)/t32-,37?/m1/s1. The number of rotatable bonds is 14. The number of hydrogen-bond acceptors (Lipinski definition) is 14. The molecule has 318 valence electrons. The van der Waals surface area contributed by atoms with E-state index in [4.69, 9.17) is 25.4 Å². The molecule has 2 atom stereocenters.